The van der Waals surface area contributed by atoms with E-state index < -0.39 is 17.8 Å². The number of ether oxygens (including phenoxy) is 1. The first-order chi connectivity index (χ1) is 9.95. The first kappa shape index (κ1) is 15.2. The Morgan fingerprint density at radius 2 is 2.10 bits per heavy atom. The molecule has 6 heteroatoms. The van der Waals surface area contributed by atoms with E-state index in [2.05, 4.69) is 0 Å². The molecule has 1 aliphatic carbocycles. The summed E-state index contributed by atoms with van der Waals surface area (Å²) in [4.78, 5) is 36.6. The summed E-state index contributed by atoms with van der Waals surface area (Å²) in [7, 11) is 2.76. The van der Waals surface area contributed by atoms with Gasteiger partial charge in [0, 0.05) is 13.5 Å². The molecule has 0 aliphatic heterocycles. The summed E-state index contributed by atoms with van der Waals surface area (Å²) in [5, 5.41) is 0. The van der Waals surface area contributed by atoms with Crippen LogP contribution in [0.5, 0.6) is 5.75 Å². The van der Waals surface area contributed by atoms with E-state index in [-0.39, 0.29) is 42.1 Å². The molecule has 1 aromatic carbocycles. The Morgan fingerprint density at radius 1 is 1.38 bits per heavy atom. The second-order valence-electron chi connectivity index (χ2n) is 4.97. The van der Waals surface area contributed by atoms with Crippen LogP contribution in [0.2, 0.25) is 0 Å². The SMILES string of the molecule is COc1cccc(C(=O)N(C)C2CCC(=O)CC2=O)c1F. The minimum absolute atomic E-state index is 0.0283. The molecule has 1 aromatic rings. The fourth-order valence-electron chi connectivity index (χ4n) is 2.43. The van der Waals surface area contributed by atoms with Gasteiger partial charge in [-0.05, 0) is 18.6 Å². The predicted molar refractivity (Wildman–Crippen MR) is 72.7 cm³/mol. The predicted octanol–water partition coefficient (Wildman–Crippen LogP) is 1.60. The second-order valence-corrected chi connectivity index (χ2v) is 4.97. The van der Waals surface area contributed by atoms with Gasteiger partial charge in [-0.3, -0.25) is 14.4 Å². The summed E-state index contributed by atoms with van der Waals surface area (Å²) in [5.74, 6) is -1.80. The number of benzene rings is 1. The van der Waals surface area contributed by atoms with Crippen molar-refractivity contribution in [2.75, 3.05) is 14.2 Å². The van der Waals surface area contributed by atoms with Crippen molar-refractivity contribution in [3.63, 3.8) is 0 Å². The van der Waals surface area contributed by atoms with Crippen molar-refractivity contribution in [3.05, 3.63) is 29.6 Å². The van der Waals surface area contributed by atoms with Crippen LogP contribution in [0, 0.1) is 5.82 Å². The summed E-state index contributed by atoms with van der Waals surface area (Å²) in [6.07, 6.45) is 0.378. The summed E-state index contributed by atoms with van der Waals surface area (Å²) in [6.45, 7) is 0. The molecule has 0 saturated heterocycles. The zero-order valence-electron chi connectivity index (χ0n) is 11.9. The molecule has 2 rings (SSSR count). The Labute approximate surface area is 121 Å². The molecular formula is C15H16FNO4. The summed E-state index contributed by atoms with van der Waals surface area (Å²) in [6, 6.07) is 3.58. The zero-order valence-corrected chi connectivity index (χ0v) is 11.9. The maximum absolute atomic E-state index is 14.1. The molecule has 1 fully saturated rings. The highest BCUT2D eigenvalue weighted by molar-refractivity contribution is 6.06. The van der Waals surface area contributed by atoms with Gasteiger partial charge in [0.15, 0.2) is 17.3 Å². The lowest BCUT2D eigenvalue weighted by molar-refractivity contribution is -0.132. The number of nitrogens with zero attached hydrogens (tertiary/aromatic N) is 1. The molecule has 0 bridgehead atoms. The number of Topliss-reactive ketones (excluding diaryl/α,β-unsaturated/α-hetero) is 2. The van der Waals surface area contributed by atoms with Gasteiger partial charge in [0.25, 0.3) is 5.91 Å². The number of likely N-dealkylation sites (N-methyl/N-ethyl adjacent to an activating group) is 1. The van der Waals surface area contributed by atoms with E-state index >= 15 is 0 Å². The Balaban J connectivity index is 2.24. The maximum atomic E-state index is 14.1. The number of amides is 1. The number of carbonyl (C=O) groups is 3. The summed E-state index contributed by atoms with van der Waals surface area (Å²) >= 11 is 0. The fourth-order valence-corrected chi connectivity index (χ4v) is 2.43. The van der Waals surface area contributed by atoms with Gasteiger partial charge < -0.3 is 9.64 Å². The van der Waals surface area contributed by atoms with Gasteiger partial charge in [0.05, 0.1) is 25.1 Å². The van der Waals surface area contributed by atoms with Gasteiger partial charge in [0.2, 0.25) is 0 Å². The molecule has 1 saturated carbocycles. The van der Waals surface area contributed by atoms with Crippen molar-refractivity contribution < 1.29 is 23.5 Å². The van der Waals surface area contributed by atoms with Crippen LogP contribution in [0.3, 0.4) is 0 Å². The molecule has 1 atom stereocenters. The third-order valence-corrected chi connectivity index (χ3v) is 3.64. The highest BCUT2D eigenvalue weighted by atomic mass is 19.1. The fraction of sp³-hybridized carbons (Fsp3) is 0.400. The molecule has 5 nitrogen and oxygen atoms in total. The van der Waals surface area contributed by atoms with Crippen molar-refractivity contribution in [2.45, 2.75) is 25.3 Å². The van der Waals surface area contributed by atoms with Crippen molar-refractivity contribution in [3.8, 4) is 5.75 Å². The minimum atomic E-state index is -0.754. The number of ketones is 2. The molecule has 1 aliphatic rings. The lowest BCUT2D eigenvalue weighted by Crippen LogP contribution is -2.45. The van der Waals surface area contributed by atoms with Crippen molar-refractivity contribution in [1.29, 1.82) is 0 Å². The first-order valence-corrected chi connectivity index (χ1v) is 6.59. The van der Waals surface area contributed by atoms with Crippen LogP contribution in [0.25, 0.3) is 0 Å². The largest absolute Gasteiger partial charge is 0.494 e. The highest BCUT2D eigenvalue weighted by Gasteiger charge is 2.33. The van der Waals surface area contributed by atoms with Crippen LogP contribution in [0.4, 0.5) is 4.39 Å². The van der Waals surface area contributed by atoms with E-state index in [1.54, 1.807) is 0 Å². The van der Waals surface area contributed by atoms with Crippen LogP contribution < -0.4 is 4.74 Å². The van der Waals surface area contributed by atoms with Gasteiger partial charge in [0.1, 0.15) is 5.78 Å². The molecule has 0 radical (unpaired) electrons. The third-order valence-electron chi connectivity index (χ3n) is 3.64. The highest BCUT2D eigenvalue weighted by Crippen LogP contribution is 2.23. The maximum Gasteiger partial charge on any atom is 0.257 e. The molecule has 0 spiro atoms. The summed E-state index contributed by atoms with van der Waals surface area (Å²) in [5.41, 5.74) is -0.151. The lowest BCUT2D eigenvalue weighted by Gasteiger charge is -2.29. The average molecular weight is 293 g/mol. The Bertz CT molecular complexity index is 599. The van der Waals surface area contributed by atoms with E-state index in [0.29, 0.717) is 0 Å². The van der Waals surface area contributed by atoms with Crippen molar-refractivity contribution >= 4 is 17.5 Å². The minimum Gasteiger partial charge on any atom is -0.494 e. The van der Waals surface area contributed by atoms with Gasteiger partial charge in [-0.1, -0.05) is 6.07 Å². The van der Waals surface area contributed by atoms with Crippen LogP contribution >= 0.6 is 0 Å². The molecule has 0 aromatic heterocycles. The number of carbonyl (C=O) groups excluding carboxylic acids is 3. The summed E-state index contributed by atoms with van der Waals surface area (Å²) < 4.78 is 18.9. The molecular weight excluding hydrogens is 277 g/mol. The average Bonchev–Trinajstić information content (AvgIpc) is 2.46. The Hall–Kier alpha value is -2.24. The number of hydrogen-bond donors (Lipinski definition) is 0. The van der Waals surface area contributed by atoms with E-state index in [1.807, 2.05) is 0 Å². The van der Waals surface area contributed by atoms with E-state index in [0.717, 1.165) is 0 Å². The first-order valence-electron chi connectivity index (χ1n) is 6.59. The normalized spacial score (nSPS) is 18.5. The standard InChI is InChI=1S/C15H16FNO4/c1-17(11-7-6-9(18)8-12(11)19)15(20)10-4-3-5-13(21-2)14(10)16/h3-5,11H,6-8H2,1-2H3. The van der Waals surface area contributed by atoms with Gasteiger partial charge in [-0.2, -0.15) is 0 Å². The van der Waals surface area contributed by atoms with Crippen molar-refractivity contribution in [2.24, 2.45) is 0 Å². The Kier molecular flexibility index (Phi) is 4.35. The monoisotopic (exact) mass is 293 g/mol. The molecule has 1 amide bonds. The molecule has 0 heterocycles. The van der Waals surface area contributed by atoms with Crippen LogP contribution in [-0.2, 0) is 9.59 Å². The van der Waals surface area contributed by atoms with E-state index in [1.165, 1.54) is 37.3 Å². The second kappa shape index (κ2) is 6.03. The number of hydrogen-bond acceptors (Lipinski definition) is 4. The van der Waals surface area contributed by atoms with Crippen LogP contribution in [0.1, 0.15) is 29.6 Å². The van der Waals surface area contributed by atoms with E-state index in [9.17, 15) is 18.8 Å². The van der Waals surface area contributed by atoms with E-state index in [4.69, 9.17) is 4.74 Å². The molecule has 0 N–H and O–H groups in total. The molecule has 21 heavy (non-hydrogen) atoms. The van der Waals surface area contributed by atoms with Crippen LogP contribution in [0.15, 0.2) is 18.2 Å². The number of rotatable bonds is 3. The van der Waals surface area contributed by atoms with Gasteiger partial charge in [-0.25, -0.2) is 4.39 Å². The van der Waals surface area contributed by atoms with Crippen LogP contribution in [-0.4, -0.2) is 42.6 Å². The topological polar surface area (TPSA) is 63.7 Å². The number of halogens is 1. The number of methoxy groups -OCH3 is 1. The molecule has 1 unspecified atom stereocenters. The quantitative estimate of drug-likeness (QED) is 0.794. The van der Waals surface area contributed by atoms with Gasteiger partial charge in [-0.15, -0.1) is 0 Å². The third kappa shape index (κ3) is 2.94. The lowest BCUT2D eigenvalue weighted by atomic mass is 9.91. The van der Waals surface area contributed by atoms with Gasteiger partial charge >= 0.3 is 0 Å². The Morgan fingerprint density at radius 3 is 2.71 bits per heavy atom. The zero-order chi connectivity index (χ0) is 15.6. The smallest absolute Gasteiger partial charge is 0.257 e. The van der Waals surface area contributed by atoms with Crippen molar-refractivity contribution in [1.82, 2.24) is 4.90 Å². The molecule has 112 valence electrons.